The first kappa shape index (κ1) is 15.2. The van der Waals surface area contributed by atoms with Crippen molar-refractivity contribution in [2.75, 3.05) is 14.2 Å². The molecule has 6 heteroatoms. The highest BCUT2D eigenvalue weighted by Crippen LogP contribution is 2.30. The Morgan fingerprint density at radius 1 is 1.10 bits per heavy atom. The number of benzene rings is 1. The van der Waals surface area contributed by atoms with Gasteiger partial charge < -0.3 is 9.47 Å². The van der Waals surface area contributed by atoms with E-state index in [1.165, 1.54) is 14.2 Å². The van der Waals surface area contributed by atoms with Crippen LogP contribution in [0.1, 0.15) is 26.2 Å². The summed E-state index contributed by atoms with van der Waals surface area (Å²) in [5, 5.41) is 0.420. The normalized spacial score (nSPS) is 10.8. The number of methoxy groups -OCH3 is 2. The maximum Gasteiger partial charge on any atom is 0.328 e. The highest BCUT2D eigenvalue weighted by molar-refractivity contribution is 5.82. The van der Waals surface area contributed by atoms with E-state index in [0.29, 0.717) is 28.9 Å². The minimum absolute atomic E-state index is 0.393. The van der Waals surface area contributed by atoms with E-state index >= 15 is 0 Å². The van der Waals surface area contributed by atoms with Gasteiger partial charge in [0, 0.05) is 12.6 Å². The molecule has 0 spiro atoms. The van der Waals surface area contributed by atoms with Crippen molar-refractivity contribution in [2.45, 2.75) is 32.7 Å². The Hall–Kier alpha value is -2.24. The topological polar surface area (TPSA) is 73.3 Å². The quantitative estimate of drug-likeness (QED) is 0.825. The number of hydrogen-bond donors (Lipinski definition) is 1. The molecular formula is C15H20N2O4. The molecule has 1 N–H and O–H groups in total. The number of H-pyrrole nitrogens is 1. The molecule has 0 saturated carbocycles. The molecule has 0 amide bonds. The van der Waals surface area contributed by atoms with Crippen molar-refractivity contribution in [3.63, 3.8) is 0 Å². The second-order valence-corrected chi connectivity index (χ2v) is 4.84. The molecule has 21 heavy (non-hydrogen) atoms. The molecule has 0 aliphatic carbocycles. The van der Waals surface area contributed by atoms with Crippen molar-refractivity contribution < 1.29 is 9.47 Å². The lowest BCUT2D eigenvalue weighted by Crippen LogP contribution is -2.30. The standard InChI is InChI=1S/C15H20N2O4/c1-4-5-6-7-17-11-9-13(21-3)12(20-2)8-10(11)14(18)16-15(17)19/h8-9H,4-7H2,1-3H3,(H,16,18,19). The third-order valence-electron chi connectivity index (χ3n) is 3.49. The molecule has 2 aromatic rings. The third kappa shape index (κ3) is 2.94. The molecular weight excluding hydrogens is 272 g/mol. The maximum atomic E-state index is 12.0. The first-order chi connectivity index (χ1) is 10.1. The summed E-state index contributed by atoms with van der Waals surface area (Å²) in [5.41, 5.74) is -0.240. The molecule has 0 atom stereocenters. The third-order valence-corrected chi connectivity index (χ3v) is 3.49. The number of aryl methyl sites for hydroxylation is 1. The van der Waals surface area contributed by atoms with Gasteiger partial charge in [0.05, 0.1) is 25.1 Å². The fourth-order valence-electron chi connectivity index (χ4n) is 2.36. The Bertz CT molecular complexity index is 746. The van der Waals surface area contributed by atoms with Gasteiger partial charge in [0.1, 0.15) is 0 Å². The molecule has 1 aromatic heterocycles. The number of unbranched alkanes of at least 4 members (excludes halogenated alkanes) is 2. The molecule has 0 radical (unpaired) electrons. The van der Waals surface area contributed by atoms with E-state index in [0.717, 1.165) is 19.3 Å². The van der Waals surface area contributed by atoms with Crippen LogP contribution in [0.25, 0.3) is 10.9 Å². The van der Waals surface area contributed by atoms with Crippen LogP contribution in [0.2, 0.25) is 0 Å². The molecule has 0 aliphatic rings. The van der Waals surface area contributed by atoms with Crippen molar-refractivity contribution in [1.82, 2.24) is 9.55 Å². The number of rotatable bonds is 6. The van der Waals surface area contributed by atoms with Gasteiger partial charge in [0.15, 0.2) is 11.5 Å². The predicted octanol–water partition coefficient (Wildman–Crippen LogP) is 1.90. The Morgan fingerprint density at radius 3 is 2.38 bits per heavy atom. The number of nitrogens with one attached hydrogen (secondary N) is 1. The molecule has 1 aromatic carbocycles. The van der Waals surface area contributed by atoms with E-state index in [2.05, 4.69) is 11.9 Å². The van der Waals surface area contributed by atoms with E-state index in [9.17, 15) is 9.59 Å². The summed E-state index contributed by atoms with van der Waals surface area (Å²) in [6.07, 6.45) is 2.97. The average Bonchev–Trinajstić information content (AvgIpc) is 2.49. The van der Waals surface area contributed by atoms with Gasteiger partial charge in [-0.25, -0.2) is 4.79 Å². The van der Waals surface area contributed by atoms with Crippen LogP contribution in [-0.2, 0) is 6.54 Å². The van der Waals surface area contributed by atoms with Gasteiger partial charge in [-0.2, -0.15) is 0 Å². The van der Waals surface area contributed by atoms with E-state index < -0.39 is 11.2 Å². The lowest BCUT2D eigenvalue weighted by molar-refractivity contribution is 0.355. The summed E-state index contributed by atoms with van der Waals surface area (Å²) in [7, 11) is 3.03. The minimum atomic E-state index is -0.414. The van der Waals surface area contributed by atoms with Crippen LogP contribution in [0, 0.1) is 0 Å². The second kappa shape index (κ2) is 6.47. The molecule has 2 rings (SSSR count). The average molecular weight is 292 g/mol. The number of nitrogens with zero attached hydrogens (tertiary/aromatic N) is 1. The Morgan fingerprint density at radius 2 is 1.76 bits per heavy atom. The molecule has 0 aliphatic heterocycles. The lowest BCUT2D eigenvalue weighted by Gasteiger charge is -2.13. The minimum Gasteiger partial charge on any atom is -0.493 e. The fraction of sp³-hybridized carbons (Fsp3) is 0.467. The molecule has 0 bridgehead atoms. The highest BCUT2D eigenvalue weighted by atomic mass is 16.5. The second-order valence-electron chi connectivity index (χ2n) is 4.84. The molecule has 6 nitrogen and oxygen atoms in total. The van der Waals surface area contributed by atoms with Gasteiger partial charge >= 0.3 is 5.69 Å². The van der Waals surface area contributed by atoms with Gasteiger partial charge in [-0.1, -0.05) is 19.8 Å². The SMILES string of the molecule is CCCCCn1c(=O)[nH]c(=O)c2cc(OC)c(OC)cc21. The summed E-state index contributed by atoms with van der Waals surface area (Å²) in [4.78, 5) is 26.4. The number of ether oxygens (including phenoxy) is 2. The maximum absolute atomic E-state index is 12.0. The molecule has 0 saturated heterocycles. The van der Waals surface area contributed by atoms with Crippen LogP contribution >= 0.6 is 0 Å². The Balaban J connectivity index is 2.67. The fourth-order valence-corrected chi connectivity index (χ4v) is 2.36. The van der Waals surface area contributed by atoms with Crippen LogP contribution in [0.15, 0.2) is 21.7 Å². The zero-order valence-electron chi connectivity index (χ0n) is 12.6. The zero-order valence-corrected chi connectivity index (χ0v) is 12.6. The number of aromatic amines is 1. The summed E-state index contributed by atoms with van der Waals surface area (Å²) in [6, 6.07) is 3.28. The number of hydrogen-bond acceptors (Lipinski definition) is 4. The molecule has 114 valence electrons. The van der Waals surface area contributed by atoms with Crippen molar-refractivity contribution in [1.29, 1.82) is 0 Å². The van der Waals surface area contributed by atoms with Gasteiger partial charge in [-0.05, 0) is 12.5 Å². The predicted molar refractivity (Wildman–Crippen MR) is 81.5 cm³/mol. The Kier molecular flexibility index (Phi) is 4.67. The molecule has 1 heterocycles. The van der Waals surface area contributed by atoms with Crippen LogP contribution in [0.4, 0.5) is 0 Å². The van der Waals surface area contributed by atoms with E-state index in [1.807, 2.05) is 0 Å². The first-order valence-electron chi connectivity index (χ1n) is 7.01. The van der Waals surface area contributed by atoms with Crippen LogP contribution < -0.4 is 20.7 Å². The number of aromatic nitrogens is 2. The van der Waals surface area contributed by atoms with E-state index in [-0.39, 0.29) is 0 Å². The summed E-state index contributed by atoms with van der Waals surface area (Å²) >= 11 is 0. The highest BCUT2D eigenvalue weighted by Gasteiger charge is 2.13. The van der Waals surface area contributed by atoms with Crippen LogP contribution in [0.3, 0.4) is 0 Å². The van der Waals surface area contributed by atoms with Gasteiger partial charge in [0.25, 0.3) is 5.56 Å². The largest absolute Gasteiger partial charge is 0.493 e. The van der Waals surface area contributed by atoms with Crippen LogP contribution in [-0.4, -0.2) is 23.8 Å². The van der Waals surface area contributed by atoms with Gasteiger partial charge in [-0.3, -0.25) is 14.3 Å². The van der Waals surface area contributed by atoms with Gasteiger partial charge in [-0.15, -0.1) is 0 Å². The van der Waals surface area contributed by atoms with Crippen molar-refractivity contribution in [2.24, 2.45) is 0 Å². The Labute approximate surface area is 122 Å². The monoisotopic (exact) mass is 292 g/mol. The summed E-state index contributed by atoms with van der Waals surface area (Å²) < 4.78 is 12.0. The van der Waals surface area contributed by atoms with E-state index in [1.54, 1.807) is 16.7 Å². The van der Waals surface area contributed by atoms with Crippen molar-refractivity contribution in [3.8, 4) is 11.5 Å². The smallest absolute Gasteiger partial charge is 0.328 e. The summed E-state index contributed by atoms with van der Waals surface area (Å²) in [6.45, 7) is 2.66. The van der Waals surface area contributed by atoms with Crippen LogP contribution in [0.5, 0.6) is 11.5 Å². The zero-order chi connectivity index (χ0) is 15.4. The van der Waals surface area contributed by atoms with E-state index in [4.69, 9.17) is 9.47 Å². The number of fused-ring (bicyclic) bond motifs is 1. The summed E-state index contributed by atoms with van der Waals surface area (Å²) in [5.74, 6) is 0.966. The molecule has 0 unspecified atom stereocenters. The lowest BCUT2D eigenvalue weighted by atomic mass is 10.2. The van der Waals surface area contributed by atoms with Gasteiger partial charge in [0.2, 0.25) is 0 Å². The first-order valence-corrected chi connectivity index (χ1v) is 7.01. The molecule has 0 fully saturated rings. The van der Waals surface area contributed by atoms with Crippen molar-refractivity contribution >= 4 is 10.9 Å². The van der Waals surface area contributed by atoms with Crippen molar-refractivity contribution in [3.05, 3.63) is 33.0 Å².